The molecule has 0 saturated heterocycles. The number of aromatic nitrogens is 2. The summed E-state index contributed by atoms with van der Waals surface area (Å²) in [6.45, 7) is 1.15. The Kier molecular flexibility index (Phi) is 4.09. The molecule has 0 amide bonds. The summed E-state index contributed by atoms with van der Waals surface area (Å²) in [5, 5.41) is 6.27. The fourth-order valence-corrected chi connectivity index (χ4v) is 3.21. The molecule has 25 heavy (non-hydrogen) atoms. The van der Waals surface area contributed by atoms with Crippen LogP contribution in [-0.2, 0) is 13.1 Å². The lowest BCUT2D eigenvalue weighted by Gasteiger charge is -2.21. The molecule has 4 rings (SSSR count). The van der Waals surface area contributed by atoms with Gasteiger partial charge in [0.1, 0.15) is 11.5 Å². The van der Waals surface area contributed by atoms with Gasteiger partial charge in [-0.2, -0.15) is 5.10 Å². The first kappa shape index (κ1) is 16.0. The van der Waals surface area contributed by atoms with E-state index in [1.807, 2.05) is 29.3 Å². The topological polar surface area (TPSA) is 44.3 Å². The van der Waals surface area contributed by atoms with Crippen molar-refractivity contribution >= 4 is 22.1 Å². The van der Waals surface area contributed by atoms with Gasteiger partial charge in [0.2, 0.25) is 0 Å². The standard InChI is InChI=1S/C18H13BrF2N4/c19-12-4-1-3-11(7-12)9-25-10-16-15(8-22-25)23-18(24-16)13-5-2-6-14(20)17(13)21/h1-8H,9-10H2,(H,23,24). The van der Waals surface area contributed by atoms with Gasteiger partial charge in [0.25, 0.3) is 0 Å². The van der Waals surface area contributed by atoms with Crippen LogP contribution in [0.25, 0.3) is 11.4 Å². The molecule has 2 aromatic carbocycles. The largest absolute Gasteiger partial charge is 0.340 e. The SMILES string of the molecule is Fc1cccc(-c2nc3c([nH]2)CN(Cc2cccc(Br)c2)N=C3)c1F. The first-order valence-corrected chi connectivity index (χ1v) is 8.46. The number of nitrogens with zero attached hydrogens (tertiary/aromatic N) is 3. The molecule has 0 aliphatic carbocycles. The first-order chi connectivity index (χ1) is 12.1. The lowest BCUT2D eigenvalue weighted by molar-refractivity contribution is 0.265. The van der Waals surface area contributed by atoms with Gasteiger partial charge in [0, 0.05) is 4.47 Å². The molecule has 1 aromatic heterocycles. The molecular formula is C18H13BrF2N4. The van der Waals surface area contributed by atoms with Crippen LogP contribution in [-0.4, -0.2) is 21.2 Å². The van der Waals surface area contributed by atoms with E-state index < -0.39 is 11.6 Å². The maximum atomic E-state index is 14.0. The van der Waals surface area contributed by atoms with Gasteiger partial charge in [-0.1, -0.05) is 34.1 Å². The number of aromatic amines is 1. The van der Waals surface area contributed by atoms with Crippen molar-refractivity contribution in [2.24, 2.45) is 5.10 Å². The highest BCUT2D eigenvalue weighted by molar-refractivity contribution is 9.10. The molecule has 126 valence electrons. The van der Waals surface area contributed by atoms with Gasteiger partial charge < -0.3 is 4.98 Å². The molecule has 0 radical (unpaired) electrons. The van der Waals surface area contributed by atoms with Crippen molar-refractivity contribution in [2.45, 2.75) is 13.1 Å². The van der Waals surface area contributed by atoms with Gasteiger partial charge in [-0.3, -0.25) is 5.01 Å². The van der Waals surface area contributed by atoms with Crippen molar-refractivity contribution in [1.82, 2.24) is 15.0 Å². The van der Waals surface area contributed by atoms with E-state index in [4.69, 9.17) is 0 Å². The predicted molar refractivity (Wildman–Crippen MR) is 94.9 cm³/mol. The molecule has 3 aromatic rings. The fraction of sp³-hybridized carbons (Fsp3) is 0.111. The van der Waals surface area contributed by atoms with Crippen LogP contribution in [0.15, 0.2) is 52.0 Å². The van der Waals surface area contributed by atoms with Crippen molar-refractivity contribution in [1.29, 1.82) is 0 Å². The van der Waals surface area contributed by atoms with E-state index in [2.05, 4.69) is 31.0 Å². The van der Waals surface area contributed by atoms with Gasteiger partial charge in [0.05, 0.1) is 30.6 Å². The molecule has 2 heterocycles. The molecule has 0 spiro atoms. The van der Waals surface area contributed by atoms with E-state index >= 15 is 0 Å². The Morgan fingerprint density at radius 1 is 1.16 bits per heavy atom. The number of hydrazone groups is 1. The number of hydrogen-bond donors (Lipinski definition) is 1. The normalized spacial score (nSPS) is 13.2. The lowest BCUT2D eigenvalue weighted by Crippen LogP contribution is -2.21. The second kappa shape index (κ2) is 6.40. The van der Waals surface area contributed by atoms with Crippen molar-refractivity contribution < 1.29 is 8.78 Å². The van der Waals surface area contributed by atoms with E-state index in [9.17, 15) is 8.78 Å². The third-order valence-electron chi connectivity index (χ3n) is 3.96. The number of benzene rings is 2. The van der Waals surface area contributed by atoms with Gasteiger partial charge in [-0.25, -0.2) is 13.8 Å². The van der Waals surface area contributed by atoms with Crippen LogP contribution >= 0.6 is 15.9 Å². The number of rotatable bonds is 3. The molecule has 0 saturated carbocycles. The van der Waals surface area contributed by atoms with Gasteiger partial charge in [-0.05, 0) is 29.8 Å². The average molecular weight is 403 g/mol. The van der Waals surface area contributed by atoms with Crippen LogP contribution in [0.3, 0.4) is 0 Å². The highest BCUT2D eigenvalue weighted by Crippen LogP contribution is 2.25. The number of nitrogens with one attached hydrogen (secondary N) is 1. The molecule has 0 bridgehead atoms. The minimum atomic E-state index is -0.906. The molecule has 4 nitrogen and oxygen atoms in total. The molecule has 0 unspecified atom stereocenters. The fourth-order valence-electron chi connectivity index (χ4n) is 2.77. The smallest absolute Gasteiger partial charge is 0.169 e. The Hall–Kier alpha value is -2.54. The molecule has 0 fully saturated rings. The van der Waals surface area contributed by atoms with Gasteiger partial charge in [0.15, 0.2) is 11.6 Å². The van der Waals surface area contributed by atoms with E-state index in [0.29, 0.717) is 24.6 Å². The van der Waals surface area contributed by atoms with Crippen LogP contribution < -0.4 is 0 Å². The Labute approximate surface area is 151 Å². The maximum Gasteiger partial charge on any atom is 0.169 e. The van der Waals surface area contributed by atoms with Crippen LogP contribution in [0.5, 0.6) is 0 Å². The summed E-state index contributed by atoms with van der Waals surface area (Å²) in [4.78, 5) is 7.42. The first-order valence-electron chi connectivity index (χ1n) is 7.67. The second-order valence-electron chi connectivity index (χ2n) is 5.75. The zero-order chi connectivity index (χ0) is 17.4. The van der Waals surface area contributed by atoms with Crippen molar-refractivity contribution in [3.05, 3.63) is 75.5 Å². The summed E-state index contributed by atoms with van der Waals surface area (Å²) in [5.41, 5.74) is 2.69. The van der Waals surface area contributed by atoms with Gasteiger partial charge >= 0.3 is 0 Å². The van der Waals surface area contributed by atoms with Crippen LogP contribution in [0, 0.1) is 11.6 Å². The minimum Gasteiger partial charge on any atom is -0.340 e. The van der Waals surface area contributed by atoms with E-state index in [0.717, 1.165) is 21.8 Å². The predicted octanol–water partition coefficient (Wildman–Crippen LogP) is 4.47. The summed E-state index contributed by atoms with van der Waals surface area (Å²) >= 11 is 3.46. The number of fused-ring (bicyclic) bond motifs is 1. The third kappa shape index (κ3) is 3.19. The van der Waals surface area contributed by atoms with Crippen LogP contribution in [0.2, 0.25) is 0 Å². The average Bonchev–Trinajstić information content (AvgIpc) is 3.00. The number of hydrogen-bond acceptors (Lipinski definition) is 3. The molecule has 1 aliphatic heterocycles. The molecule has 7 heteroatoms. The summed E-state index contributed by atoms with van der Waals surface area (Å²) in [7, 11) is 0. The maximum absolute atomic E-state index is 14.0. The van der Waals surface area contributed by atoms with E-state index in [-0.39, 0.29) is 5.56 Å². The summed E-state index contributed by atoms with van der Waals surface area (Å²) in [6.07, 6.45) is 1.63. The number of imidazole rings is 1. The minimum absolute atomic E-state index is 0.112. The molecule has 1 N–H and O–H groups in total. The monoisotopic (exact) mass is 402 g/mol. The molecule has 0 atom stereocenters. The summed E-state index contributed by atoms with van der Waals surface area (Å²) in [6, 6.07) is 12.0. The van der Waals surface area contributed by atoms with Crippen LogP contribution in [0.1, 0.15) is 17.0 Å². The van der Waals surface area contributed by atoms with Crippen LogP contribution in [0.4, 0.5) is 8.78 Å². The van der Waals surface area contributed by atoms with Crippen molar-refractivity contribution in [3.63, 3.8) is 0 Å². The third-order valence-corrected chi connectivity index (χ3v) is 4.45. The second-order valence-corrected chi connectivity index (χ2v) is 6.66. The lowest BCUT2D eigenvalue weighted by atomic mass is 10.2. The van der Waals surface area contributed by atoms with Crippen molar-refractivity contribution in [3.8, 4) is 11.4 Å². The van der Waals surface area contributed by atoms with Crippen molar-refractivity contribution in [2.75, 3.05) is 0 Å². The molecule has 1 aliphatic rings. The van der Waals surface area contributed by atoms with E-state index in [1.54, 1.807) is 6.21 Å². The summed E-state index contributed by atoms with van der Waals surface area (Å²) < 4.78 is 28.4. The Morgan fingerprint density at radius 2 is 2.00 bits per heavy atom. The summed E-state index contributed by atoms with van der Waals surface area (Å²) in [5.74, 6) is -1.49. The zero-order valence-corrected chi connectivity index (χ0v) is 14.6. The zero-order valence-electron chi connectivity index (χ0n) is 13.0. The Morgan fingerprint density at radius 3 is 2.84 bits per heavy atom. The van der Waals surface area contributed by atoms with E-state index in [1.165, 1.54) is 12.1 Å². The van der Waals surface area contributed by atoms with Gasteiger partial charge in [-0.15, -0.1) is 0 Å². The highest BCUT2D eigenvalue weighted by atomic mass is 79.9. The number of H-pyrrole nitrogens is 1. The highest BCUT2D eigenvalue weighted by Gasteiger charge is 2.20. The molecular weight excluding hydrogens is 390 g/mol. The quantitative estimate of drug-likeness (QED) is 0.702. The number of halogens is 3. The Bertz CT molecular complexity index is 967. The Balaban J connectivity index is 1.58.